The molecule has 0 N–H and O–H groups in total. The van der Waals surface area contributed by atoms with Gasteiger partial charge in [0.1, 0.15) is 13.2 Å². The first-order valence-electron chi connectivity index (χ1n) is 24.3. The third-order valence-corrected chi connectivity index (χ3v) is 14.2. The Morgan fingerprint density at radius 3 is 1.21 bits per heavy atom. The number of likely N-dealkylation sites (tertiary alicyclic amines) is 2. The number of piperidine rings is 2. The number of rotatable bonds is 12. The average Bonchev–Trinajstić information content (AvgIpc) is 3.37. The fourth-order valence-corrected chi connectivity index (χ4v) is 9.78. The molecule has 4 spiro atoms. The molecule has 14 heteroatoms. The highest BCUT2D eigenvalue weighted by Gasteiger charge is 2.51. The van der Waals surface area contributed by atoms with Crippen LogP contribution in [-0.4, -0.2) is 113 Å². The zero-order valence-corrected chi connectivity index (χ0v) is 38.8. The van der Waals surface area contributed by atoms with Gasteiger partial charge in [-0.2, -0.15) is 0 Å². The van der Waals surface area contributed by atoms with Crippen LogP contribution in [0.5, 0.6) is 0 Å². The van der Waals surface area contributed by atoms with Gasteiger partial charge in [-0.05, 0) is 47.9 Å². The predicted molar refractivity (Wildman–Crippen MR) is 242 cm³/mol. The molecule has 0 aliphatic carbocycles. The van der Waals surface area contributed by atoms with Gasteiger partial charge in [-0.25, -0.2) is 9.59 Å². The number of aryl methyl sites for hydroxylation is 2. The fourth-order valence-electron chi connectivity index (χ4n) is 9.78. The Morgan fingerprint density at radius 1 is 0.530 bits per heavy atom. The summed E-state index contributed by atoms with van der Waals surface area (Å²) in [5, 5.41) is 0. The van der Waals surface area contributed by atoms with Crippen molar-refractivity contribution in [1.82, 2.24) is 9.80 Å². The van der Waals surface area contributed by atoms with Crippen molar-refractivity contribution in [1.29, 1.82) is 0 Å². The average molecular weight is 913 g/mol. The molecule has 66 heavy (non-hydrogen) atoms. The fraction of sp³-hybridized carbons (Fsp3) is 0.615. The van der Waals surface area contributed by atoms with Crippen LogP contribution < -0.4 is 0 Å². The van der Waals surface area contributed by atoms with E-state index in [1.54, 1.807) is 9.80 Å². The van der Waals surface area contributed by atoms with E-state index in [1.807, 2.05) is 60.7 Å². The quantitative estimate of drug-likeness (QED) is 0.172. The zero-order chi connectivity index (χ0) is 45.5. The standard InChI is InChI=1S/C52H68N2O12/c1-3-5-17-41-27-44(46-61-33-50(34-62-46)37-65-52(66-38-50)21-25-54(26-22-52)48(56)58-30-40-15-11-8-12-16-40)42(18-6-4-2)28-43(41)45-59-31-49(32-60-45)35-63-51(64-36-49)19-23-53(24-20-51)47(55)57-29-39-13-9-7-10-14-39/h7-16,27-28,45-46H,3-6,17-26,29-38H2,1-2H3. The Kier molecular flexibility index (Phi) is 15.0. The molecule has 6 aliphatic heterocycles. The summed E-state index contributed by atoms with van der Waals surface area (Å²) in [5.41, 5.74) is 5.60. The van der Waals surface area contributed by atoms with Crippen molar-refractivity contribution in [2.45, 2.75) is 115 Å². The van der Waals surface area contributed by atoms with Crippen LogP contribution in [0.4, 0.5) is 9.59 Å². The van der Waals surface area contributed by atoms with Crippen LogP contribution in [0.1, 0.15) is 111 Å². The highest BCUT2D eigenvalue weighted by Crippen LogP contribution is 2.45. The van der Waals surface area contributed by atoms with Gasteiger partial charge >= 0.3 is 12.2 Å². The molecule has 3 aromatic rings. The van der Waals surface area contributed by atoms with Gasteiger partial charge in [0.05, 0.1) is 63.7 Å². The van der Waals surface area contributed by atoms with Crippen molar-refractivity contribution in [2.75, 3.05) is 79.0 Å². The van der Waals surface area contributed by atoms with Crippen LogP contribution in [-0.2, 0) is 73.4 Å². The maximum atomic E-state index is 12.8. The molecule has 6 heterocycles. The number of carbonyl (C=O) groups excluding carboxylic acids is 2. The molecule has 6 fully saturated rings. The van der Waals surface area contributed by atoms with E-state index in [9.17, 15) is 9.59 Å². The smallest absolute Gasteiger partial charge is 0.410 e. The highest BCUT2D eigenvalue weighted by molar-refractivity contribution is 5.68. The molecule has 6 saturated heterocycles. The molecular weight excluding hydrogens is 845 g/mol. The largest absolute Gasteiger partial charge is 0.445 e. The number of ether oxygens (including phenoxy) is 10. The van der Waals surface area contributed by atoms with Gasteiger partial charge in [0.2, 0.25) is 0 Å². The summed E-state index contributed by atoms with van der Waals surface area (Å²) < 4.78 is 63.6. The lowest BCUT2D eigenvalue weighted by Gasteiger charge is -2.50. The first-order valence-corrected chi connectivity index (χ1v) is 24.3. The Morgan fingerprint density at radius 2 is 0.879 bits per heavy atom. The monoisotopic (exact) mass is 912 g/mol. The molecule has 0 bridgehead atoms. The minimum Gasteiger partial charge on any atom is -0.445 e. The Hall–Kier alpha value is -4.12. The number of benzene rings is 3. The third kappa shape index (κ3) is 10.9. The van der Waals surface area contributed by atoms with E-state index >= 15 is 0 Å². The summed E-state index contributed by atoms with van der Waals surface area (Å²) in [5.74, 6) is -1.45. The molecule has 0 atom stereocenters. The summed E-state index contributed by atoms with van der Waals surface area (Å²) in [7, 11) is 0. The van der Waals surface area contributed by atoms with E-state index in [4.69, 9.17) is 47.4 Å². The van der Waals surface area contributed by atoms with Crippen molar-refractivity contribution in [3.63, 3.8) is 0 Å². The second-order valence-electron chi connectivity index (χ2n) is 19.4. The normalized spacial score (nSPS) is 22.8. The summed E-state index contributed by atoms with van der Waals surface area (Å²) in [4.78, 5) is 29.1. The molecule has 6 aliphatic rings. The van der Waals surface area contributed by atoms with Crippen molar-refractivity contribution < 1.29 is 57.0 Å². The van der Waals surface area contributed by atoms with Gasteiger partial charge in [-0.1, -0.05) is 99.5 Å². The van der Waals surface area contributed by atoms with Crippen LogP contribution in [0.25, 0.3) is 0 Å². The maximum absolute atomic E-state index is 12.8. The second kappa shape index (κ2) is 21.0. The Bertz CT molecular complexity index is 1880. The first-order chi connectivity index (χ1) is 32.2. The van der Waals surface area contributed by atoms with E-state index < -0.39 is 35.0 Å². The zero-order valence-electron chi connectivity index (χ0n) is 38.8. The van der Waals surface area contributed by atoms with E-state index in [-0.39, 0.29) is 25.4 Å². The number of hydrogen-bond donors (Lipinski definition) is 0. The first kappa shape index (κ1) is 47.0. The molecule has 0 saturated carbocycles. The number of nitrogens with zero attached hydrogens (tertiary/aromatic N) is 2. The Balaban J connectivity index is 0.770. The van der Waals surface area contributed by atoms with Gasteiger partial charge < -0.3 is 57.2 Å². The van der Waals surface area contributed by atoms with E-state index in [2.05, 4.69) is 26.0 Å². The summed E-state index contributed by atoms with van der Waals surface area (Å²) >= 11 is 0. The second-order valence-corrected chi connectivity index (χ2v) is 19.4. The van der Waals surface area contributed by atoms with Gasteiger partial charge in [0.15, 0.2) is 24.2 Å². The van der Waals surface area contributed by atoms with Crippen LogP contribution in [0, 0.1) is 10.8 Å². The highest BCUT2D eigenvalue weighted by atomic mass is 16.7. The summed E-state index contributed by atoms with van der Waals surface area (Å²) in [6, 6.07) is 24.0. The molecule has 2 amide bonds. The lowest BCUT2D eigenvalue weighted by atomic mass is 9.87. The van der Waals surface area contributed by atoms with Crippen LogP contribution >= 0.6 is 0 Å². The van der Waals surface area contributed by atoms with Crippen molar-refractivity contribution in [3.8, 4) is 0 Å². The lowest BCUT2D eigenvalue weighted by molar-refractivity contribution is -0.352. The number of carbonyl (C=O) groups is 2. The van der Waals surface area contributed by atoms with Gasteiger partial charge in [0, 0.05) is 63.0 Å². The number of hydrogen-bond acceptors (Lipinski definition) is 12. The number of amides is 2. The maximum Gasteiger partial charge on any atom is 0.410 e. The summed E-state index contributed by atoms with van der Waals surface area (Å²) in [6.45, 7) is 10.6. The van der Waals surface area contributed by atoms with Crippen LogP contribution in [0.2, 0.25) is 0 Å². The predicted octanol–water partition coefficient (Wildman–Crippen LogP) is 8.79. The summed E-state index contributed by atoms with van der Waals surface area (Å²) in [6.07, 6.45) is 6.61. The molecule has 0 radical (unpaired) electrons. The van der Waals surface area contributed by atoms with E-state index in [0.717, 1.165) is 60.8 Å². The molecular formula is C52H68N2O12. The molecule has 0 aromatic heterocycles. The number of unbranched alkanes of at least 4 members (excludes halogenated alkanes) is 2. The van der Waals surface area contributed by atoms with Crippen LogP contribution in [0.3, 0.4) is 0 Å². The SMILES string of the molecule is CCCCc1cc(C2OCC3(CO2)COC2(CCN(C(=O)OCc4ccccc4)CC2)OC3)c(CCCC)cc1C1OCC2(CO1)COC1(CCN(C(=O)OCc3ccccc3)CC1)OC2. The van der Waals surface area contributed by atoms with Gasteiger partial charge in [-0.15, -0.1) is 0 Å². The molecule has 3 aromatic carbocycles. The van der Waals surface area contributed by atoms with Gasteiger partial charge in [-0.3, -0.25) is 0 Å². The minimum absolute atomic E-state index is 0.250. The van der Waals surface area contributed by atoms with Crippen molar-refractivity contribution in [2.24, 2.45) is 10.8 Å². The van der Waals surface area contributed by atoms with E-state index in [1.165, 1.54) is 11.1 Å². The van der Waals surface area contributed by atoms with Crippen molar-refractivity contribution >= 4 is 12.2 Å². The van der Waals surface area contributed by atoms with Gasteiger partial charge in [0.25, 0.3) is 0 Å². The lowest BCUT2D eigenvalue weighted by Crippen LogP contribution is -2.58. The molecule has 0 unspecified atom stereocenters. The van der Waals surface area contributed by atoms with E-state index in [0.29, 0.717) is 105 Å². The van der Waals surface area contributed by atoms with Crippen molar-refractivity contribution in [3.05, 3.63) is 106 Å². The molecule has 14 nitrogen and oxygen atoms in total. The van der Waals surface area contributed by atoms with Crippen LogP contribution in [0.15, 0.2) is 72.8 Å². The molecule has 358 valence electrons. The minimum atomic E-state index is -0.725. The topological polar surface area (TPSA) is 133 Å². The Labute approximate surface area is 389 Å². The third-order valence-electron chi connectivity index (χ3n) is 14.2. The molecule has 9 rings (SSSR count).